The lowest BCUT2D eigenvalue weighted by Gasteiger charge is -2.31. The molecule has 0 atom stereocenters. The van der Waals surface area contributed by atoms with Gasteiger partial charge in [-0.15, -0.1) is 0 Å². The minimum atomic E-state index is 1.08. The van der Waals surface area contributed by atoms with Crippen molar-refractivity contribution in [3.8, 4) is 0 Å². The SMILES string of the molecule is C=C/C=C1\C(=C/C)SC(C=C)=C(C=C)N1C. The number of allylic oxidation sites excluding steroid dienone is 5. The maximum Gasteiger partial charge on any atom is 0.0546 e. The molecule has 0 radical (unpaired) electrons. The van der Waals surface area contributed by atoms with Crippen LogP contribution in [-0.4, -0.2) is 11.9 Å². The maximum atomic E-state index is 3.85. The third kappa shape index (κ3) is 2.22. The molecule has 1 heterocycles. The van der Waals surface area contributed by atoms with Crippen molar-refractivity contribution in [1.82, 2.24) is 4.90 Å². The second-order valence-electron chi connectivity index (χ2n) is 3.26. The molecule has 0 aromatic rings. The van der Waals surface area contributed by atoms with Crippen molar-refractivity contribution < 1.29 is 0 Å². The molecule has 1 rings (SSSR count). The Morgan fingerprint density at radius 1 is 1.19 bits per heavy atom. The number of nitrogens with zero attached hydrogens (tertiary/aromatic N) is 1. The van der Waals surface area contributed by atoms with Crippen molar-refractivity contribution in [3.63, 3.8) is 0 Å². The summed E-state index contributed by atoms with van der Waals surface area (Å²) in [6, 6.07) is 0. The number of thioether (sulfide) groups is 1. The number of hydrogen-bond donors (Lipinski definition) is 0. The zero-order valence-corrected chi connectivity index (χ0v) is 10.7. The fraction of sp³-hybridized carbons (Fsp3) is 0.143. The van der Waals surface area contributed by atoms with Crippen LogP contribution < -0.4 is 0 Å². The first kappa shape index (κ1) is 12.7. The summed E-state index contributed by atoms with van der Waals surface area (Å²) in [6.07, 6.45) is 9.63. The molecular weight excluding hydrogens is 214 g/mol. The van der Waals surface area contributed by atoms with Crippen LogP contribution in [-0.2, 0) is 0 Å². The highest BCUT2D eigenvalue weighted by molar-refractivity contribution is 8.07. The van der Waals surface area contributed by atoms with E-state index in [1.54, 1.807) is 17.8 Å². The Hall–Kier alpha value is -1.41. The van der Waals surface area contributed by atoms with Crippen molar-refractivity contribution in [2.45, 2.75) is 6.92 Å². The fourth-order valence-electron chi connectivity index (χ4n) is 1.58. The van der Waals surface area contributed by atoms with Crippen LogP contribution in [0.25, 0.3) is 0 Å². The summed E-state index contributed by atoms with van der Waals surface area (Å²) in [6.45, 7) is 13.5. The largest absolute Gasteiger partial charge is 0.343 e. The molecule has 0 saturated heterocycles. The molecule has 0 aliphatic carbocycles. The van der Waals surface area contributed by atoms with Crippen molar-refractivity contribution >= 4 is 11.8 Å². The van der Waals surface area contributed by atoms with E-state index >= 15 is 0 Å². The summed E-state index contributed by atoms with van der Waals surface area (Å²) in [4.78, 5) is 4.45. The highest BCUT2D eigenvalue weighted by Crippen LogP contribution is 2.41. The van der Waals surface area contributed by atoms with Crippen LogP contribution >= 0.6 is 11.8 Å². The Balaban J connectivity index is 3.34. The predicted octanol–water partition coefficient (Wildman–Crippen LogP) is 4.22. The lowest BCUT2D eigenvalue weighted by atomic mass is 10.2. The Bertz CT molecular complexity index is 410. The van der Waals surface area contributed by atoms with Gasteiger partial charge in [-0.05, 0) is 19.1 Å². The summed E-state index contributed by atoms with van der Waals surface area (Å²) in [5.41, 5.74) is 2.22. The van der Waals surface area contributed by atoms with Crippen molar-refractivity contribution in [3.05, 3.63) is 71.3 Å². The van der Waals surface area contributed by atoms with Crippen molar-refractivity contribution in [2.24, 2.45) is 0 Å². The van der Waals surface area contributed by atoms with E-state index < -0.39 is 0 Å². The van der Waals surface area contributed by atoms with Gasteiger partial charge in [-0.25, -0.2) is 0 Å². The Labute approximate surface area is 102 Å². The summed E-state index contributed by atoms with van der Waals surface area (Å²) in [5.74, 6) is 0. The van der Waals surface area contributed by atoms with Crippen molar-refractivity contribution in [2.75, 3.05) is 7.05 Å². The molecule has 0 fully saturated rings. The zero-order valence-electron chi connectivity index (χ0n) is 9.86. The molecule has 0 bridgehead atoms. The topological polar surface area (TPSA) is 3.24 Å². The minimum absolute atomic E-state index is 1.08. The van der Waals surface area contributed by atoms with E-state index in [0.717, 1.165) is 16.3 Å². The molecule has 0 amide bonds. The van der Waals surface area contributed by atoms with Gasteiger partial charge < -0.3 is 4.90 Å². The van der Waals surface area contributed by atoms with Crippen LogP contribution in [0.1, 0.15) is 6.92 Å². The lowest BCUT2D eigenvalue weighted by molar-refractivity contribution is 0.547. The Kier molecular flexibility index (Phi) is 4.44. The zero-order chi connectivity index (χ0) is 12.1. The van der Waals surface area contributed by atoms with Crippen LogP contribution in [0.5, 0.6) is 0 Å². The molecule has 0 saturated carbocycles. The van der Waals surface area contributed by atoms with Gasteiger partial charge >= 0.3 is 0 Å². The number of likely N-dealkylation sites (N-methyl/N-ethyl adjacent to an activating group) is 1. The maximum absolute atomic E-state index is 3.85. The first-order chi connectivity index (χ1) is 7.69. The Morgan fingerprint density at radius 3 is 2.31 bits per heavy atom. The van der Waals surface area contributed by atoms with Crippen LogP contribution in [0.4, 0.5) is 0 Å². The number of hydrogen-bond acceptors (Lipinski definition) is 2. The smallest absolute Gasteiger partial charge is 0.0546 e. The van der Waals surface area contributed by atoms with E-state index in [0.29, 0.717) is 0 Å². The molecule has 0 aromatic heterocycles. The molecule has 1 aliphatic heterocycles. The average molecular weight is 231 g/mol. The highest BCUT2D eigenvalue weighted by Gasteiger charge is 2.21. The third-order valence-electron chi connectivity index (χ3n) is 2.36. The van der Waals surface area contributed by atoms with E-state index in [-0.39, 0.29) is 0 Å². The van der Waals surface area contributed by atoms with Gasteiger partial charge in [0, 0.05) is 16.9 Å². The molecule has 1 aliphatic rings. The molecule has 16 heavy (non-hydrogen) atoms. The van der Waals surface area contributed by atoms with Crippen LogP contribution in [0.3, 0.4) is 0 Å². The molecule has 0 unspecified atom stereocenters. The standard InChI is InChI=1S/C14H17NS/c1-6-10-12-14(9-4)16-13(8-3)11(7-2)15(12)5/h6-10H,1-3H2,4-5H3/b12-10+,14-9+. The number of rotatable bonds is 3. The first-order valence-electron chi connectivity index (χ1n) is 5.09. The molecule has 0 spiro atoms. The van der Waals surface area contributed by atoms with Crippen molar-refractivity contribution in [1.29, 1.82) is 0 Å². The molecule has 1 nitrogen and oxygen atoms in total. The predicted molar refractivity (Wildman–Crippen MR) is 74.8 cm³/mol. The average Bonchev–Trinajstić information content (AvgIpc) is 2.31. The monoisotopic (exact) mass is 231 g/mol. The lowest BCUT2D eigenvalue weighted by Crippen LogP contribution is -2.21. The van der Waals surface area contributed by atoms with Crippen LogP contribution in [0.15, 0.2) is 71.3 Å². The van der Waals surface area contributed by atoms with Gasteiger partial charge in [-0.3, -0.25) is 0 Å². The van der Waals surface area contributed by atoms with E-state index in [4.69, 9.17) is 0 Å². The van der Waals surface area contributed by atoms with E-state index in [1.807, 2.05) is 32.2 Å². The fourth-order valence-corrected chi connectivity index (χ4v) is 2.65. The first-order valence-corrected chi connectivity index (χ1v) is 5.91. The van der Waals surface area contributed by atoms with E-state index in [2.05, 4.69) is 30.7 Å². The van der Waals surface area contributed by atoms with E-state index in [1.165, 1.54) is 4.91 Å². The highest BCUT2D eigenvalue weighted by atomic mass is 32.2. The summed E-state index contributed by atoms with van der Waals surface area (Å²) >= 11 is 1.71. The van der Waals surface area contributed by atoms with E-state index in [9.17, 15) is 0 Å². The van der Waals surface area contributed by atoms with Gasteiger partial charge in [-0.1, -0.05) is 49.7 Å². The van der Waals surface area contributed by atoms with Gasteiger partial charge in [-0.2, -0.15) is 0 Å². The van der Waals surface area contributed by atoms with Gasteiger partial charge in [0.05, 0.1) is 11.4 Å². The van der Waals surface area contributed by atoms with Gasteiger partial charge in [0.25, 0.3) is 0 Å². The Morgan fingerprint density at radius 2 is 1.88 bits per heavy atom. The molecule has 0 N–H and O–H groups in total. The molecule has 0 aromatic carbocycles. The molecular formula is C14H17NS. The minimum Gasteiger partial charge on any atom is -0.343 e. The molecule has 2 heteroatoms. The second-order valence-corrected chi connectivity index (χ2v) is 4.34. The summed E-state index contributed by atoms with van der Waals surface area (Å²) in [7, 11) is 2.03. The van der Waals surface area contributed by atoms with Gasteiger partial charge in [0.15, 0.2) is 0 Å². The van der Waals surface area contributed by atoms with Gasteiger partial charge in [0.1, 0.15) is 0 Å². The second kappa shape index (κ2) is 5.61. The molecule has 84 valence electrons. The third-order valence-corrected chi connectivity index (χ3v) is 3.62. The van der Waals surface area contributed by atoms with Gasteiger partial charge in [0.2, 0.25) is 0 Å². The summed E-state index contributed by atoms with van der Waals surface area (Å²) < 4.78 is 0. The van der Waals surface area contributed by atoms with Crippen LogP contribution in [0, 0.1) is 0 Å². The normalized spacial score (nSPS) is 21.5. The quantitative estimate of drug-likeness (QED) is 0.715. The summed E-state index contributed by atoms with van der Waals surface area (Å²) in [5, 5.41) is 0. The van der Waals surface area contributed by atoms with Crippen LogP contribution in [0.2, 0.25) is 0 Å².